The number of ketones is 1. The second-order valence-electron chi connectivity index (χ2n) is 11.5. The van der Waals surface area contributed by atoms with E-state index in [0.29, 0.717) is 55.6 Å². The Kier molecular flexibility index (Phi) is 7.35. The van der Waals surface area contributed by atoms with E-state index in [0.717, 1.165) is 63.7 Å². The predicted octanol–water partition coefficient (Wildman–Crippen LogP) is 4.03. The summed E-state index contributed by atoms with van der Waals surface area (Å²) in [6, 6.07) is 7.81. The summed E-state index contributed by atoms with van der Waals surface area (Å²) in [4.78, 5) is 41.5. The number of nitrogens with zero attached hydrogens (tertiary/aromatic N) is 2. The zero-order valence-electron chi connectivity index (χ0n) is 21.1. The van der Waals surface area contributed by atoms with Gasteiger partial charge < -0.3 is 15.0 Å². The molecule has 196 valence electrons. The first-order valence-electron chi connectivity index (χ1n) is 13.6. The molecule has 4 aliphatic rings. The van der Waals surface area contributed by atoms with Crippen molar-refractivity contribution in [1.29, 1.82) is 0 Å². The van der Waals surface area contributed by atoms with Crippen LogP contribution < -0.4 is 10.2 Å². The fourth-order valence-corrected chi connectivity index (χ4v) is 6.82. The number of nitrogens with one attached hydrogen (secondary N) is 1. The third kappa shape index (κ3) is 5.30. The van der Waals surface area contributed by atoms with Gasteiger partial charge in [0.1, 0.15) is 5.41 Å². The van der Waals surface area contributed by atoms with Gasteiger partial charge in [-0.3, -0.25) is 19.6 Å². The first-order valence-corrected chi connectivity index (χ1v) is 13.6. The highest BCUT2D eigenvalue weighted by Gasteiger charge is 2.61. The maximum atomic E-state index is 14.2. The fourth-order valence-electron chi connectivity index (χ4n) is 6.82. The second kappa shape index (κ2) is 10.5. The Morgan fingerprint density at radius 3 is 2.39 bits per heavy atom. The number of hydroxylamine groups is 2. The van der Waals surface area contributed by atoms with Gasteiger partial charge in [-0.1, -0.05) is 25.7 Å². The molecule has 2 amide bonds. The second-order valence-corrected chi connectivity index (χ2v) is 11.5. The van der Waals surface area contributed by atoms with Crippen molar-refractivity contribution in [2.24, 2.45) is 22.7 Å². The van der Waals surface area contributed by atoms with Crippen LogP contribution in [0, 0.1) is 22.7 Å². The standard InChI is InChI=1S/C28H39N3O5/c32-20-31(35)18-22(17-21-3-1-2-4-21)25(33)28(12-11-27(19-28)9-10-27)26(34)29-23-5-7-24(8-6-23)30-13-15-36-16-14-30/h5-8,20-22,35H,1-4,9-19H2,(H,29,34). The van der Waals surface area contributed by atoms with Crippen molar-refractivity contribution in [1.82, 2.24) is 5.06 Å². The minimum absolute atomic E-state index is 0.0465. The highest BCUT2D eigenvalue weighted by molar-refractivity contribution is 6.12. The largest absolute Gasteiger partial charge is 0.378 e. The summed E-state index contributed by atoms with van der Waals surface area (Å²) in [6.07, 6.45) is 9.54. The molecule has 2 N–H and O–H groups in total. The maximum absolute atomic E-state index is 14.2. The predicted molar refractivity (Wildman–Crippen MR) is 136 cm³/mol. The molecule has 3 saturated carbocycles. The number of benzene rings is 1. The van der Waals surface area contributed by atoms with Gasteiger partial charge in [0.05, 0.1) is 19.8 Å². The smallest absolute Gasteiger partial charge is 0.238 e. The zero-order chi connectivity index (χ0) is 25.2. The van der Waals surface area contributed by atoms with Crippen LogP contribution in [-0.4, -0.2) is 61.2 Å². The Labute approximate surface area is 213 Å². The van der Waals surface area contributed by atoms with Crippen LogP contribution in [0.3, 0.4) is 0 Å². The molecule has 0 aromatic heterocycles. The Balaban J connectivity index is 1.34. The molecule has 36 heavy (non-hydrogen) atoms. The number of carbonyl (C=O) groups is 3. The van der Waals surface area contributed by atoms with Crippen LogP contribution >= 0.6 is 0 Å². The molecular formula is C28H39N3O5. The first-order chi connectivity index (χ1) is 17.4. The number of hydrogen-bond donors (Lipinski definition) is 2. The Morgan fingerprint density at radius 1 is 1.11 bits per heavy atom. The lowest BCUT2D eigenvalue weighted by Crippen LogP contribution is -2.47. The number of rotatable bonds is 10. The molecule has 1 aromatic carbocycles. The molecule has 8 nitrogen and oxygen atoms in total. The van der Waals surface area contributed by atoms with E-state index < -0.39 is 11.3 Å². The number of carbonyl (C=O) groups excluding carboxylic acids is 3. The lowest BCUT2D eigenvalue weighted by Gasteiger charge is -2.33. The summed E-state index contributed by atoms with van der Waals surface area (Å²) >= 11 is 0. The van der Waals surface area contributed by atoms with Crippen LogP contribution in [0.25, 0.3) is 0 Å². The van der Waals surface area contributed by atoms with Gasteiger partial charge in [-0.25, -0.2) is 5.06 Å². The van der Waals surface area contributed by atoms with Gasteiger partial charge in [0.2, 0.25) is 12.3 Å². The summed E-state index contributed by atoms with van der Waals surface area (Å²) in [5.74, 6) is -0.460. The Morgan fingerprint density at radius 2 is 1.78 bits per heavy atom. The van der Waals surface area contributed by atoms with Crippen molar-refractivity contribution in [3.8, 4) is 0 Å². The van der Waals surface area contributed by atoms with Gasteiger partial charge in [-0.2, -0.15) is 0 Å². The summed E-state index contributed by atoms with van der Waals surface area (Å²) < 4.78 is 5.43. The third-order valence-corrected chi connectivity index (χ3v) is 9.12. The van der Waals surface area contributed by atoms with E-state index in [2.05, 4.69) is 10.2 Å². The summed E-state index contributed by atoms with van der Waals surface area (Å²) in [7, 11) is 0. The topological polar surface area (TPSA) is 99.2 Å². The lowest BCUT2D eigenvalue weighted by molar-refractivity contribution is -0.157. The molecule has 1 aliphatic heterocycles. The SMILES string of the molecule is O=CN(O)CC(CC1CCCC1)C(=O)C1(C(=O)Nc2ccc(N3CCOCC3)cc2)CCC2(CC2)C1. The van der Waals surface area contributed by atoms with Crippen LogP contribution in [0.15, 0.2) is 24.3 Å². The normalized spacial score (nSPS) is 26.1. The Bertz CT molecular complexity index is 950. The van der Waals surface area contributed by atoms with Gasteiger partial charge >= 0.3 is 0 Å². The maximum Gasteiger partial charge on any atom is 0.238 e. The van der Waals surface area contributed by atoms with Crippen molar-refractivity contribution in [2.45, 2.75) is 64.2 Å². The molecule has 1 aromatic rings. The van der Waals surface area contributed by atoms with Crippen molar-refractivity contribution in [3.63, 3.8) is 0 Å². The summed E-state index contributed by atoms with van der Waals surface area (Å²) in [5.41, 5.74) is 0.777. The monoisotopic (exact) mass is 497 g/mol. The number of anilines is 2. The number of ether oxygens (including phenoxy) is 1. The van der Waals surface area contributed by atoms with Crippen molar-refractivity contribution < 1.29 is 24.3 Å². The first kappa shape index (κ1) is 25.2. The van der Waals surface area contributed by atoms with E-state index in [-0.39, 0.29) is 23.7 Å². The molecule has 1 saturated heterocycles. The minimum Gasteiger partial charge on any atom is -0.378 e. The van der Waals surface area contributed by atoms with Crippen LogP contribution in [0.5, 0.6) is 0 Å². The average Bonchev–Trinajstić information content (AvgIpc) is 3.27. The van der Waals surface area contributed by atoms with Crippen molar-refractivity contribution in [3.05, 3.63) is 24.3 Å². The van der Waals surface area contributed by atoms with Crippen LogP contribution in [-0.2, 0) is 19.1 Å². The van der Waals surface area contributed by atoms with Gasteiger partial charge in [-0.05, 0) is 74.1 Å². The summed E-state index contributed by atoms with van der Waals surface area (Å²) in [5, 5.41) is 13.6. The molecule has 4 fully saturated rings. The van der Waals surface area contributed by atoms with Crippen LogP contribution in [0.1, 0.15) is 64.2 Å². The lowest BCUT2D eigenvalue weighted by atomic mass is 9.72. The fraction of sp³-hybridized carbons (Fsp3) is 0.679. The molecule has 1 spiro atoms. The highest BCUT2D eigenvalue weighted by atomic mass is 16.5. The van der Waals surface area contributed by atoms with Gasteiger partial charge in [0.25, 0.3) is 0 Å². The number of morpholine rings is 1. The number of amides is 2. The zero-order valence-corrected chi connectivity index (χ0v) is 21.1. The van der Waals surface area contributed by atoms with Crippen LogP contribution in [0.2, 0.25) is 0 Å². The van der Waals surface area contributed by atoms with Crippen LogP contribution in [0.4, 0.5) is 11.4 Å². The molecule has 2 atom stereocenters. The molecule has 0 bridgehead atoms. The van der Waals surface area contributed by atoms with E-state index in [1.165, 1.54) is 0 Å². The average molecular weight is 498 g/mol. The third-order valence-electron chi connectivity index (χ3n) is 9.12. The van der Waals surface area contributed by atoms with E-state index >= 15 is 0 Å². The molecular weight excluding hydrogens is 458 g/mol. The van der Waals surface area contributed by atoms with Gasteiger partial charge in [0, 0.05) is 30.4 Å². The summed E-state index contributed by atoms with van der Waals surface area (Å²) in [6.45, 7) is 3.06. The Hall–Kier alpha value is -2.45. The van der Waals surface area contributed by atoms with Gasteiger partial charge in [-0.15, -0.1) is 0 Å². The molecule has 5 rings (SSSR count). The van der Waals surface area contributed by atoms with E-state index in [4.69, 9.17) is 4.74 Å². The van der Waals surface area contributed by atoms with E-state index in [1.807, 2.05) is 24.3 Å². The van der Waals surface area contributed by atoms with Crippen molar-refractivity contribution >= 4 is 29.5 Å². The number of hydrogen-bond acceptors (Lipinski definition) is 6. The molecule has 1 heterocycles. The van der Waals surface area contributed by atoms with Crippen molar-refractivity contribution in [2.75, 3.05) is 43.1 Å². The van der Waals surface area contributed by atoms with E-state index in [1.54, 1.807) is 0 Å². The minimum atomic E-state index is -1.10. The molecule has 0 radical (unpaired) electrons. The number of Topliss-reactive ketones (excluding diaryl/α,β-unsaturated/α-hetero) is 1. The quantitative estimate of drug-likeness (QED) is 0.219. The van der Waals surface area contributed by atoms with Gasteiger partial charge in [0.15, 0.2) is 5.78 Å². The highest BCUT2D eigenvalue weighted by Crippen LogP contribution is 2.64. The molecule has 3 aliphatic carbocycles. The molecule has 8 heteroatoms. The molecule has 2 unspecified atom stereocenters. The van der Waals surface area contributed by atoms with E-state index in [9.17, 15) is 19.6 Å².